The lowest BCUT2D eigenvalue weighted by atomic mass is 10.1. The summed E-state index contributed by atoms with van der Waals surface area (Å²) < 4.78 is 74.7. The van der Waals surface area contributed by atoms with Crippen molar-refractivity contribution in [2.24, 2.45) is 0 Å². The third kappa shape index (κ3) is 22.1. The van der Waals surface area contributed by atoms with Crippen LogP contribution in [-0.2, 0) is 69.3 Å². The van der Waals surface area contributed by atoms with E-state index in [4.69, 9.17) is 19.9 Å². The average Bonchev–Trinajstić information content (AvgIpc) is 1.74. The van der Waals surface area contributed by atoms with Crippen LogP contribution < -0.4 is 31.5 Å². The number of nitrogens with one attached hydrogen (secondary N) is 5. The summed E-state index contributed by atoms with van der Waals surface area (Å²) in [6.45, 7) is 4.49. The molecule has 113 heavy (non-hydrogen) atoms. The fourth-order valence-corrected chi connectivity index (χ4v) is 19.8. The van der Waals surface area contributed by atoms with Crippen molar-refractivity contribution >= 4 is 133 Å². The Balaban J connectivity index is 0.000000166. The zero-order chi connectivity index (χ0) is 77.5. The first kappa shape index (κ1) is 84.4. The predicted octanol–water partition coefficient (Wildman–Crippen LogP) is 13.4. The standard InChI is InChI=1S/C28H31N5O3S2.C27H29N5O3S2.C26H26N4O4S2.2CH4/c1-38(35,36)33-16-14-22(15-17-33)30-27-23-10-4-5-11-24(23)31-28(32-27)29-18-20-8-2-6-12-25(20)37-26-13-7-3-9-21(26)19-34;1-37(34,35)32-16-14-31(15-17-32)26-22-10-4-5-11-23(22)29-27(30-26)28-18-20-8-2-6-12-24(20)36-25-13-7-3-9-21(25)19-33;31-14-18-8-2-6-12-24(18)35-23-11-5-1-7-17(23)13-27-26-29-20-10-4-3-9-19(20)25(30-26)28-21-15-36(33,34)16-22(21)32;;/h2-13,22,34H,14-19H2,1H3,(H2,29,30,31,32);2-13,33H,14-19H2,1H3,(H,28,29,30);1-12,21-22,31-32H,13-16H2,(H2,27,28,29,30);2*1H4. The van der Waals surface area contributed by atoms with Crippen molar-refractivity contribution in [2.75, 3.05) is 94.8 Å². The number of aliphatic hydroxyl groups is 4. The Morgan fingerprint density at radius 3 is 1.09 bits per heavy atom. The zero-order valence-electron chi connectivity index (χ0n) is 61.0. The summed E-state index contributed by atoms with van der Waals surface area (Å²) in [4.78, 5) is 36.8. The summed E-state index contributed by atoms with van der Waals surface area (Å²) in [7, 11) is -9.68. The van der Waals surface area contributed by atoms with Crippen LogP contribution in [0.25, 0.3) is 32.7 Å². The molecule has 2 unspecified atom stereocenters. The van der Waals surface area contributed by atoms with E-state index >= 15 is 0 Å². The van der Waals surface area contributed by atoms with Gasteiger partial charge < -0.3 is 51.9 Å². The molecule has 24 nitrogen and oxygen atoms in total. The summed E-state index contributed by atoms with van der Waals surface area (Å²) in [5.41, 5.74) is 8.27. The van der Waals surface area contributed by atoms with Gasteiger partial charge in [0.05, 0.1) is 72.5 Å². The lowest BCUT2D eigenvalue weighted by molar-refractivity contribution is 0.190. The molecular weight excluding hydrogens is 1550 g/mol. The number of sulfone groups is 1. The van der Waals surface area contributed by atoms with Gasteiger partial charge in [-0.2, -0.15) is 19.3 Å². The van der Waals surface area contributed by atoms with Gasteiger partial charge in [0.2, 0.25) is 37.9 Å². The number of benzene rings is 9. The molecule has 0 saturated carbocycles. The second-order valence-electron chi connectivity index (χ2n) is 26.8. The Labute approximate surface area is 673 Å². The molecule has 6 heterocycles. The number of hydrogen-bond acceptors (Lipinski definition) is 25. The number of piperazine rings is 1. The van der Waals surface area contributed by atoms with Gasteiger partial charge >= 0.3 is 0 Å². The van der Waals surface area contributed by atoms with Crippen LogP contribution in [0.5, 0.6) is 0 Å². The van der Waals surface area contributed by atoms with Gasteiger partial charge in [-0.1, -0.05) is 196 Å². The van der Waals surface area contributed by atoms with E-state index in [2.05, 4.69) is 65.7 Å². The highest BCUT2D eigenvalue weighted by atomic mass is 32.2. The quantitative estimate of drug-likeness (QED) is 0.0257. The molecule has 2 atom stereocenters. The summed E-state index contributed by atoms with van der Waals surface area (Å²) >= 11 is 4.85. The Kier molecular flexibility index (Phi) is 29.1. The number of nitrogens with zero attached hydrogens (tertiary/aromatic N) is 9. The normalized spacial score (nSPS) is 15.9. The maximum Gasteiger partial charge on any atom is 0.225 e. The summed E-state index contributed by atoms with van der Waals surface area (Å²) in [5, 5.41) is 58.8. The second-order valence-corrected chi connectivity index (χ2v) is 36.2. The van der Waals surface area contributed by atoms with Crippen molar-refractivity contribution in [1.82, 2.24) is 38.5 Å². The molecule has 0 amide bonds. The molecule has 0 bridgehead atoms. The van der Waals surface area contributed by atoms with Crippen LogP contribution in [0, 0.1) is 0 Å². The van der Waals surface area contributed by atoms with Crippen LogP contribution in [0.15, 0.2) is 248 Å². The number of para-hydroxylation sites is 3. The Morgan fingerprint density at radius 1 is 0.398 bits per heavy atom. The molecule has 0 aliphatic carbocycles. The number of hydrogen-bond donors (Lipinski definition) is 9. The molecule has 3 aromatic heterocycles. The number of aromatic nitrogens is 6. The lowest BCUT2D eigenvalue weighted by Gasteiger charge is -2.34. The van der Waals surface area contributed by atoms with E-state index in [-0.39, 0.29) is 52.2 Å². The number of sulfonamides is 2. The first-order chi connectivity index (χ1) is 53.7. The van der Waals surface area contributed by atoms with Gasteiger partial charge in [0, 0.05) is 110 Å². The third-order valence-electron chi connectivity index (χ3n) is 19.0. The molecule has 0 radical (unpaired) electrons. The van der Waals surface area contributed by atoms with Crippen LogP contribution in [-0.4, -0.2) is 166 Å². The summed E-state index contributed by atoms with van der Waals surface area (Å²) in [6, 6.07) is 70.5. The molecule has 12 aromatic rings. The molecule has 592 valence electrons. The molecular formula is C83H94N14O10S6. The Morgan fingerprint density at radius 2 is 0.717 bits per heavy atom. The van der Waals surface area contributed by atoms with Crippen molar-refractivity contribution in [3.63, 3.8) is 0 Å². The molecule has 3 aliphatic heterocycles. The molecule has 9 N–H and O–H groups in total. The van der Waals surface area contributed by atoms with Gasteiger partial charge in [0.15, 0.2) is 9.84 Å². The van der Waals surface area contributed by atoms with Crippen LogP contribution in [0.4, 0.5) is 35.3 Å². The van der Waals surface area contributed by atoms with Crippen molar-refractivity contribution in [2.45, 2.75) is 115 Å². The van der Waals surface area contributed by atoms with Gasteiger partial charge in [-0.3, -0.25) is 0 Å². The van der Waals surface area contributed by atoms with E-state index in [0.717, 1.165) is 102 Å². The minimum absolute atomic E-state index is 0. The van der Waals surface area contributed by atoms with Crippen LogP contribution in [0.1, 0.15) is 61.1 Å². The van der Waals surface area contributed by atoms with E-state index in [1.165, 1.54) is 21.1 Å². The molecule has 0 spiro atoms. The first-order valence-electron chi connectivity index (χ1n) is 36.2. The molecule has 3 fully saturated rings. The van der Waals surface area contributed by atoms with Crippen molar-refractivity contribution in [3.8, 4) is 0 Å². The highest BCUT2D eigenvalue weighted by molar-refractivity contribution is 8.00. The Bertz CT molecular complexity index is 5610. The fraction of sp³-hybridized carbons (Fsp3) is 0.277. The van der Waals surface area contributed by atoms with E-state index < -0.39 is 42.0 Å². The average molecular weight is 1640 g/mol. The largest absolute Gasteiger partial charge is 0.392 e. The van der Waals surface area contributed by atoms with Crippen molar-refractivity contribution in [1.29, 1.82) is 0 Å². The predicted molar refractivity (Wildman–Crippen MR) is 457 cm³/mol. The maximum absolute atomic E-state index is 12.0. The van der Waals surface area contributed by atoms with Gasteiger partial charge in [0.25, 0.3) is 0 Å². The lowest BCUT2D eigenvalue weighted by Crippen LogP contribution is -2.48. The van der Waals surface area contributed by atoms with E-state index in [1.807, 2.05) is 194 Å². The van der Waals surface area contributed by atoms with Crippen LogP contribution >= 0.6 is 35.3 Å². The summed E-state index contributed by atoms with van der Waals surface area (Å²) in [6.07, 6.45) is 2.95. The fourth-order valence-electron chi connectivity index (χ4n) is 13.1. The molecule has 30 heteroatoms. The van der Waals surface area contributed by atoms with E-state index in [1.54, 1.807) is 35.3 Å². The monoisotopic (exact) mass is 1640 g/mol. The third-order valence-corrected chi connectivity index (χ3v) is 27.1. The van der Waals surface area contributed by atoms with Crippen molar-refractivity contribution < 1.29 is 45.7 Å². The van der Waals surface area contributed by atoms with Crippen LogP contribution in [0.2, 0.25) is 0 Å². The molecule has 15 rings (SSSR count). The smallest absolute Gasteiger partial charge is 0.225 e. The van der Waals surface area contributed by atoms with Crippen LogP contribution in [0.3, 0.4) is 0 Å². The molecule has 9 aromatic carbocycles. The highest BCUT2D eigenvalue weighted by Gasteiger charge is 2.37. The summed E-state index contributed by atoms with van der Waals surface area (Å²) in [5.74, 6) is 3.06. The first-order valence-corrected chi connectivity index (χ1v) is 44.1. The zero-order valence-corrected chi connectivity index (χ0v) is 65.9. The Hall–Kier alpha value is -9.54. The van der Waals surface area contributed by atoms with Gasteiger partial charge in [-0.25, -0.2) is 44.5 Å². The topological polar surface area (TPSA) is 331 Å². The molecule has 3 aliphatic rings. The van der Waals surface area contributed by atoms with Gasteiger partial charge in [-0.15, -0.1) is 0 Å². The maximum atomic E-state index is 12.0. The number of fused-ring (bicyclic) bond motifs is 3. The highest BCUT2D eigenvalue weighted by Crippen LogP contribution is 2.38. The SMILES string of the molecule is C.C.CS(=O)(=O)N1CCC(Nc2nc(NCc3ccccc3Sc3ccccc3CO)nc3ccccc23)CC1.CS(=O)(=O)N1CCN(c2nc(NCc3ccccc3Sc3ccccc3CO)nc3ccccc23)CC1.O=S1(=O)CC(O)C(Nc2nc(NCc3ccccc3Sc3ccccc3CO)nc3ccccc23)C1. The van der Waals surface area contributed by atoms with E-state index in [0.29, 0.717) is 101 Å². The minimum atomic E-state index is -3.30. The van der Waals surface area contributed by atoms with E-state index in [9.17, 15) is 45.7 Å². The van der Waals surface area contributed by atoms with Gasteiger partial charge in [0.1, 0.15) is 17.5 Å². The number of piperidine rings is 1. The number of anilines is 6. The van der Waals surface area contributed by atoms with Crippen molar-refractivity contribution in [3.05, 3.63) is 252 Å². The minimum Gasteiger partial charge on any atom is -0.392 e. The molecule has 3 saturated heterocycles. The van der Waals surface area contributed by atoms with Gasteiger partial charge in [-0.05, 0) is 119 Å². The second kappa shape index (κ2) is 39.0. The number of aliphatic hydroxyl groups excluding tert-OH is 4. The number of rotatable bonds is 25.